The Hall–Kier alpha value is -0.320. The first-order valence-corrected chi connectivity index (χ1v) is 25.7. The minimum atomic E-state index is -0.356. The third-order valence-corrected chi connectivity index (χ3v) is 15.5. The minimum Gasteiger partial charge on any atom is -0.393 e. The molecule has 7 rings (SSSR count). The van der Waals surface area contributed by atoms with Gasteiger partial charge < -0.3 is 34.5 Å². The summed E-state index contributed by atoms with van der Waals surface area (Å²) in [6.45, 7) is 39.6. The highest BCUT2D eigenvalue weighted by atomic mass is 16.5. The minimum absolute atomic E-state index is 0.00926. The van der Waals surface area contributed by atoms with Crippen molar-refractivity contribution in [3.05, 3.63) is 0 Å². The first-order valence-electron chi connectivity index (χ1n) is 25.7. The van der Waals surface area contributed by atoms with Gasteiger partial charge >= 0.3 is 0 Å². The van der Waals surface area contributed by atoms with E-state index in [4.69, 9.17) is 4.74 Å². The number of rotatable bonds is 7. The SMILES string of the molecule is CC(C)C1CCC(C)(O)CC1.CC(C)C1CCC(O)CC1.CC(C)N1CCC(N2CCCC2)CC1.CC(C)N1CCC(N2CCCCC2)CC1.CC(C)N1CCOCC1. The van der Waals surface area contributed by atoms with E-state index in [2.05, 4.69) is 93.7 Å². The van der Waals surface area contributed by atoms with Crippen molar-refractivity contribution in [1.82, 2.24) is 24.5 Å². The molecule has 5 aliphatic heterocycles. The highest BCUT2D eigenvalue weighted by molar-refractivity contribution is 4.85. The van der Waals surface area contributed by atoms with Crippen LogP contribution in [0.1, 0.15) is 185 Å². The van der Waals surface area contributed by atoms with Gasteiger partial charge in [-0.3, -0.25) is 4.90 Å². The monoisotopic (exact) mass is 834 g/mol. The van der Waals surface area contributed by atoms with Crippen LogP contribution >= 0.6 is 0 Å². The van der Waals surface area contributed by atoms with Crippen LogP contribution in [0.25, 0.3) is 0 Å². The molecule has 350 valence electrons. The van der Waals surface area contributed by atoms with Gasteiger partial charge in [0.25, 0.3) is 0 Å². The molecule has 0 amide bonds. The average Bonchev–Trinajstić information content (AvgIpc) is 3.78. The quantitative estimate of drug-likeness (QED) is 0.263. The van der Waals surface area contributed by atoms with Crippen LogP contribution in [0.3, 0.4) is 0 Å². The van der Waals surface area contributed by atoms with Crippen LogP contribution in [-0.2, 0) is 4.74 Å². The average molecular weight is 834 g/mol. The Morgan fingerprint density at radius 3 is 1.12 bits per heavy atom. The van der Waals surface area contributed by atoms with Crippen LogP contribution in [0.5, 0.6) is 0 Å². The van der Waals surface area contributed by atoms with Crippen molar-refractivity contribution >= 4 is 0 Å². The van der Waals surface area contributed by atoms with Crippen molar-refractivity contribution in [2.75, 3.05) is 78.7 Å². The molecule has 0 aromatic rings. The Morgan fingerprint density at radius 1 is 0.441 bits per heavy atom. The first-order chi connectivity index (χ1) is 28.1. The zero-order valence-corrected chi connectivity index (χ0v) is 41.3. The van der Waals surface area contributed by atoms with Crippen LogP contribution in [0, 0.1) is 23.7 Å². The first kappa shape index (κ1) is 53.0. The molecule has 7 aliphatic rings. The molecule has 0 radical (unpaired) electrons. The van der Waals surface area contributed by atoms with E-state index in [1.54, 1.807) is 0 Å². The standard InChI is InChI=1S/C13H26N2.C12H24N2.C10H20O.C9H18O.C7H15NO/c1-12(2)14-10-6-13(7-11-14)15-8-4-3-5-9-15;1-11(2)13-9-5-12(6-10-13)14-7-3-4-8-14;1-8(2)9-4-6-10(3,11)7-5-9;1-7(2)8-3-5-9(10)6-4-8;1-7(2)8-3-5-9-6-4-8/h12-13H,3-11H2,1-2H3;11-12H,3-10H2,1-2H3;8-9,11H,4-7H2,1-3H3;7-10H,3-6H2,1-2H3;7H,3-6H2,1-2H3. The summed E-state index contributed by atoms with van der Waals surface area (Å²) in [5.41, 5.74) is -0.356. The van der Waals surface area contributed by atoms with Crippen LogP contribution in [0.15, 0.2) is 0 Å². The molecule has 59 heavy (non-hydrogen) atoms. The normalized spacial score (nSPS) is 30.3. The summed E-state index contributed by atoms with van der Waals surface area (Å²) in [4.78, 5) is 13.1. The van der Waals surface area contributed by atoms with E-state index in [1.165, 1.54) is 136 Å². The summed E-state index contributed by atoms with van der Waals surface area (Å²) in [6.07, 6.45) is 21.8. The van der Waals surface area contributed by atoms with Crippen LogP contribution in [0.2, 0.25) is 0 Å². The van der Waals surface area contributed by atoms with Gasteiger partial charge in [-0.15, -0.1) is 0 Å². The van der Waals surface area contributed by atoms with Gasteiger partial charge in [0.2, 0.25) is 0 Å². The molecule has 0 aromatic heterocycles. The maximum atomic E-state index is 9.67. The van der Waals surface area contributed by atoms with Crippen molar-refractivity contribution in [3.8, 4) is 0 Å². The van der Waals surface area contributed by atoms with Gasteiger partial charge in [-0.25, -0.2) is 0 Å². The van der Waals surface area contributed by atoms with Crippen molar-refractivity contribution in [3.63, 3.8) is 0 Å². The number of aliphatic hydroxyl groups is 2. The molecular weight excluding hydrogens is 731 g/mol. The van der Waals surface area contributed by atoms with Crippen molar-refractivity contribution in [2.45, 2.75) is 227 Å². The Balaban J connectivity index is 0.000000200. The van der Waals surface area contributed by atoms with E-state index in [9.17, 15) is 10.2 Å². The molecule has 0 aromatic carbocycles. The molecule has 2 N–H and O–H groups in total. The number of likely N-dealkylation sites (tertiary alicyclic amines) is 4. The third kappa shape index (κ3) is 20.8. The second kappa shape index (κ2) is 28.5. The number of ether oxygens (including phenoxy) is 1. The van der Waals surface area contributed by atoms with Gasteiger partial charge in [-0.05, 0) is 227 Å². The molecule has 2 aliphatic carbocycles. The van der Waals surface area contributed by atoms with Crippen molar-refractivity contribution in [1.29, 1.82) is 0 Å². The smallest absolute Gasteiger partial charge is 0.0620 e. The fourth-order valence-corrected chi connectivity index (χ4v) is 10.7. The van der Waals surface area contributed by atoms with Crippen LogP contribution in [0.4, 0.5) is 0 Å². The Morgan fingerprint density at radius 2 is 0.780 bits per heavy atom. The zero-order valence-electron chi connectivity index (χ0n) is 41.3. The number of morpholine rings is 1. The van der Waals surface area contributed by atoms with E-state index >= 15 is 0 Å². The zero-order chi connectivity index (χ0) is 43.4. The molecule has 8 nitrogen and oxygen atoms in total. The van der Waals surface area contributed by atoms with Gasteiger partial charge in [0, 0.05) is 43.3 Å². The summed E-state index contributed by atoms with van der Waals surface area (Å²) < 4.78 is 5.21. The Bertz CT molecular complexity index is 1000. The van der Waals surface area contributed by atoms with Crippen LogP contribution in [-0.4, -0.2) is 155 Å². The highest BCUT2D eigenvalue weighted by Gasteiger charge is 2.30. The summed E-state index contributed by atoms with van der Waals surface area (Å²) in [5, 5.41) is 18.9. The number of hydrogen-bond donors (Lipinski definition) is 2. The van der Waals surface area contributed by atoms with Crippen molar-refractivity contribution in [2.24, 2.45) is 23.7 Å². The molecule has 5 heterocycles. The van der Waals surface area contributed by atoms with E-state index in [1.807, 2.05) is 6.92 Å². The molecule has 0 unspecified atom stereocenters. The summed E-state index contributed by atoms with van der Waals surface area (Å²) >= 11 is 0. The maximum Gasteiger partial charge on any atom is 0.0620 e. The lowest BCUT2D eigenvalue weighted by Gasteiger charge is -2.41. The largest absolute Gasteiger partial charge is 0.393 e. The predicted molar refractivity (Wildman–Crippen MR) is 253 cm³/mol. The van der Waals surface area contributed by atoms with E-state index in [-0.39, 0.29) is 11.7 Å². The van der Waals surface area contributed by atoms with Gasteiger partial charge in [0.15, 0.2) is 0 Å². The Kier molecular flexibility index (Phi) is 25.6. The second-order valence-corrected chi connectivity index (χ2v) is 21.7. The Labute approximate surface area is 367 Å². The predicted octanol–water partition coefficient (Wildman–Crippen LogP) is 9.80. The lowest BCUT2D eigenvalue weighted by atomic mass is 9.75. The van der Waals surface area contributed by atoms with Gasteiger partial charge in [0.1, 0.15) is 0 Å². The molecule has 5 saturated heterocycles. The fourth-order valence-electron chi connectivity index (χ4n) is 10.7. The second-order valence-electron chi connectivity index (χ2n) is 21.7. The van der Waals surface area contributed by atoms with Gasteiger partial charge in [-0.1, -0.05) is 34.1 Å². The highest BCUT2D eigenvalue weighted by Crippen LogP contribution is 2.35. The van der Waals surface area contributed by atoms with E-state index in [0.717, 1.165) is 99.8 Å². The lowest BCUT2D eigenvalue weighted by molar-refractivity contribution is 0.00161. The van der Waals surface area contributed by atoms with Crippen molar-refractivity contribution < 1.29 is 14.9 Å². The molecule has 0 spiro atoms. The van der Waals surface area contributed by atoms with Crippen LogP contribution < -0.4 is 0 Å². The van der Waals surface area contributed by atoms with Gasteiger partial charge in [-0.2, -0.15) is 0 Å². The lowest BCUT2D eigenvalue weighted by Crippen LogP contribution is -2.48. The van der Waals surface area contributed by atoms with Gasteiger partial charge in [0.05, 0.1) is 24.9 Å². The number of piperidine rings is 3. The molecule has 7 fully saturated rings. The topological polar surface area (TPSA) is 65.9 Å². The summed E-state index contributed by atoms with van der Waals surface area (Å²) in [5.74, 6) is 3.34. The number of hydrogen-bond acceptors (Lipinski definition) is 8. The maximum absolute atomic E-state index is 9.67. The molecule has 0 bridgehead atoms. The molecular formula is C51H103N5O3. The van der Waals surface area contributed by atoms with E-state index in [0.29, 0.717) is 6.04 Å². The summed E-state index contributed by atoms with van der Waals surface area (Å²) in [6, 6.07) is 3.99. The number of nitrogens with zero attached hydrogens (tertiary/aromatic N) is 5. The number of aliphatic hydroxyl groups excluding tert-OH is 1. The summed E-state index contributed by atoms with van der Waals surface area (Å²) in [7, 11) is 0. The van der Waals surface area contributed by atoms with E-state index < -0.39 is 0 Å². The third-order valence-electron chi connectivity index (χ3n) is 15.5. The fraction of sp³-hybridized carbons (Fsp3) is 1.00. The molecule has 2 saturated carbocycles. The molecule has 8 heteroatoms. The molecule has 0 atom stereocenters.